The number of hydrogen-bond acceptors (Lipinski definition) is 2. The molecule has 0 aliphatic heterocycles. The van der Waals surface area contributed by atoms with E-state index in [2.05, 4.69) is 10.3 Å². The first kappa shape index (κ1) is 13.1. The van der Waals surface area contributed by atoms with Gasteiger partial charge in [0.2, 0.25) is 5.56 Å². The highest BCUT2D eigenvalue weighted by Gasteiger charge is 2.12. The predicted octanol–water partition coefficient (Wildman–Crippen LogP) is 2.17. The number of H-pyrrole nitrogens is 1. The van der Waals surface area contributed by atoms with Crippen LogP contribution in [0.3, 0.4) is 0 Å². The monoisotopic (exact) mass is 256 g/mol. The number of aryl methyl sites for hydroxylation is 1. The number of benzene rings is 1. The molecule has 0 spiro atoms. The number of rotatable bonds is 3. The zero-order chi connectivity index (χ0) is 13.8. The molecule has 4 nitrogen and oxygen atoms in total. The van der Waals surface area contributed by atoms with Crippen LogP contribution in [0, 0.1) is 6.92 Å². The first-order valence-electron chi connectivity index (χ1n) is 6.13. The summed E-state index contributed by atoms with van der Waals surface area (Å²) in [6, 6.07) is 10.7. The van der Waals surface area contributed by atoms with E-state index in [9.17, 15) is 9.59 Å². The van der Waals surface area contributed by atoms with Crippen LogP contribution in [0.4, 0.5) is 0 Å². The number of nitrogens with one attached hydrogen (secondary N) is 2. The first-order valence-corrected chi connectivity index (χ1v) is 6.13. The lowest BCUT2D eigenvalue weighted by atomic mass is 10.0. The van der Waals surface area contributed by atoms with Gasteiger partial charge in [-0.2, -0.15) is 0 Å². The summed E-state index contributed by atoms with van der Waals surface area (Å²) < 4.78 is 0. The van der Waals surface area contributed by atoms with Crippen molar-refractivity contribution in [3.63, 3.8) is 0 Å². The fourth-order valence-corrected chi connectivity index (χ4v) is 1.98. The van der Waals surface area contributed by atoms with E-state index < -0.39 is 0 Å². The second-order valence-corrected chi connectivity index (χ2v) is 4.49. The van der Waals surface area contributed by atoms with Crippen molar-refractivity contribution in [1.82, 2.24) is 10.3 Å². The third-order valence-corrected chi connectivity index (χ3v) is 3.05. The molecule has 0 saturated heterocycles. The van der Waals surface area contributed by atoms with Crippen molar-refractivity contribution in [2.75, 3.05) is 0 Å². The smallest absolute Gasteiger partial charge is 0.253 e. The normalized spacial score (nSPS) is 11.9. The predicted molar refractivity (Wildman–Crippen MR) is 74.1 cm³/mol. The highest BCUT2D eigenvalue weighted by molar-refractivity contribution is 5.94. The fourth-order valence-electron chi connectivity index (χ4n) is 1.98. The van der Waals surface area contributed by atoms with Crippen LogP contribution in [0.5, 0.6) is 0 Å². The molecule has 19 heavy (non-hydrogen) atoms. The Bertz CT molecular complexity index is 626. The third-order valence-electron chi connectivity index (χ3n) is 3.05. The van der Waals surface area contributed by atoms with Crippen molar-refractivity contribution >= 4 is 5.91 Å². The molecular formula is C15H16N2O2. The van der Waals surface area contributed by atoms with Gasteiger partial charge in [-0.15, -0.1) is 0 Å². The van der Waals surface area contributed by atoms with E-state index in [0.717, 1.165) is 11.1 Å². The van der Waals surface area contributed by atoms with E-state index >= 15 is 0 Å². The van der Waals surface area contributed by atoms with Crippen molar-refractivity contribution < 1.29 is 4.79 Å². The van der Waals surface area contributed by atoms with Crippen LogP contribution in [0.25, 0.3) is 0 Å². The molecule has 1 heterocycles. The highest BCUT2D eigenvalue weighted by atomic mass is 16.2. The summed E-state index contributed by atoms with van der Waals surface area (Å²) in [6.07, 6.45) is 1.42. The van der Waals surface area contributed by atoms with Crippen molar-refractivity contribution in [2.24, 2.45) is 0 Å². The molecule has 1 amide bonds. The van der Waals surface area contributed by atoms with E-state index in [-0.39, 0.29) is 17.5 Å². The summed E-state index contributed by atoms with van der Waals surface area (Å²) in [4.78, 5) is 25.5. The molecule has 0 radical (unpaired) electrons. The zero-order valence-electron chi connectivity index (χ0n) is 10.9. The SMILES string of the molecule is Cc1ccccc1[C@@H](C)NC(=O)c1ccc(=O)[nH]c1. The van der Waals surface area contributed by atoms with Crippen molar-refractivity contribution in [1.29, 1.82) is 0 Å². The lowest BCUT2D eigenvalue weighted by Crippen LogP contribution is -2.27. The van der Waals surface area contributed by atoms with Gasteiger partial charge in [0.15, 0.2) is 0 Å². The van der Waals surface area contributed by atoms with Gasteiger partial charge in [0, 0.05) is 12.3 Å². The number of pyridine rings is 1. The number of hydrogen-bond donors (Lipinski definition) is 2. The van der Waals surface area contributed by atoms with Crippen LogP contribution >= 0.6 is 0 Å². The number of amides is 1. The third kappa shape index (κ3) is 3.10. The Morgan fingerprint density at radius 3 is 2.58 bits per heavy atom. The van der Waals surface area contributed by atoms with Crippen LogP contribution in [0.1, 0.15) is 34.5 Å². The lowest BCUT2D eigenvalue weighted by Gasteiger charge is -2.16. The molecule has 4 heteroatoms. The molecule has 0 fully saturated rings. The summed E-state index contributed by atoms with van der Waals surface area (Å²) in [7, 11) is 0. The van der Waals surface area contributed by atoms with E-state index in [1.807, 2.05) is 38.1 Å². The maximum Gasteiger partial charge on any atom is 0.253 e. The van der Waals surface area contributed by atoms with Gasteiger partial charge in [-0.25, -0.2) is 0 Å². The topological polar surface area (TPSA) is 62.0 Å². The minimum absolute atomic E-state index is 0.0828. The van der Waals surface area contributed by atoms with Crippen LogP contribution in [0.15, 0.2) is 47.4 Å². The van der Waals surface area contributed by atoms with E-state index in [1.54, 1.807) is 0 Å². The largest absolute Gasteiger partial charge is 0.345 e. The van der Waals surface area contributed by atoms with Crippen LogP contribution in [-0.4, -0.2) is 10.9 Å². The molecule has 1 aromatic carbocycles. The zero-order valence-corrected chi connectivity index (χ0v) is 10.9. The average molecular weight is 256 g/mol. The van der Waals surface area contributed by atoms with Crippen molar-refractivity contribution in [3.8, 4) is 0 Å². The summed E-state index contributed by atoms with van der Waals surface area (Å²) in [6.45, 7) is 3.95. The molecule has 2 rings (SSSR count). The molecular weight excluding hydrogens is 240 g/mol. The number of carbonyl (C=O) groups excluding carboxylic acids is 1. The molecule has 0 aliphatic carbocycles. The van der Waals surface area contributed by atoms with E-state index in [0.29, 0.717) is 5.56 Å². The molecule has 1 atom stereocenters. The molecule has 2 aromatic rings. The van der Waals surface area contributed by atoms with Gasteiger partial charge in [0.1, 0.15) is 0 Å². The quantitative estimate of drug-likeness (QED) is 0.884. The number of aromatic nitrogens is 1. The maximum absolute atomic E-state index is 12.0. The van der Waals surface area contributed by atoms with Crippen LogP contribution in [0.2, 0.25) is 0 Å². The Morgan fingerprint density at radius 2 is 1.95 bits per heavy atom. The number of aromatic amines is 1. The summed E-state index contributed by atoms with van der Waals surface area (Å²) in [5, 5.41) is 2.91. The van der Waals surface area contributed by atoms with Gasteiger partial charge in [-0.05, 0) is 31.0 Å². The minimum Gasteiger partial charge on any atom is -0.345 e. The van der Waals surface area contributed by atoms with Crippen LogP contribution < -0.4 is 10.9 Å². The fraction of sp³-hybridized carbons (Fsp3) is 0.200. The second-order valence-electron chi connectivity index (χ2n) is 4.49. The van der Waals surface area contributed by atoms with Crippen LogP contribution in [-0.2, 0) is 0 Å². The molecule has 0 aliphatic rings. The summed E-state index contributed by atoms with van der Waals surface area (Å²) >= 11 is 0. The summed E-state index contributed by atoms with van der Waals surface area (Å²) in [5.41, 5.74) is 2.44. The Kier molecular flexibility index (Phi) is 3.80. The maximum atomic E-state index is 12.0. The Morgan fingerprint density at radius 1 is 1.21 bits per heavy atom. The van der Waals surface area contributed by atoms with Gasteiger partial charge in [-0.1, -0.05) is 24.3 Å². The molecule has 0 unspecified atom stereocenters. The van der Waals surface area contributed by atoms with Crippen molar-refractivity contribution in [2.45, 2.75) is 19.9 Å². The molecule has 0 bridgehead atoms. The number of carbonyl (C=O) groups is 1. The van der Waals surface area contributed by atoms with Gasteiger partial charge >= 0.3 is 0 Å². The second kappa shape index (κ2) is 5.52. The van der Waals surface area contributed by atoms with Gasteiger partial charge in [-0.3, -0.25) is 9.59 Å². The van der Waals surface area contributed by atoms with E-state index in [4.69, 9.17) is 0 Å². The minimum atomic E-state index is -0.219. The lowest BCUT2D eigenvalue weighted by molar-refractivity contribution is 0.0939. The van der Waals surface area contributed by atoms with E-state index in [1.165, 1.54) is 18.3 Å². The summed E-state index contributed by atoms with van der Waals surface area (Å²) in [5.74, 6) is -0.202. The van der Waals surface area contributed by atoms with Gasteiger partial charge < -0.3 is 10.3 Å². The molecule has 2 N–H and O–H groups in total. The highest BCUT2D eigenvalue weighted by Crippen LogP contribution is 2.16. The van der Waals surface area contributed by atoms with Gasteiger partial charge in [0.05, 0.1) is 11.6 Å². The molecule has 98 valence electrons. The Balaban J connectivity index is 2.13. The average Bonchev–Trinajstić information content (AvgIpc) is 2.39. The Labute approximate surface area is 111 Å². The standard InChI is InChI=1S/C15H16N2O2/c1-10-5-3-4-6-13(10)11(2)17-15(19)12-7-8-14(18)16-9-12/h3-9,11H,1-2H3,(H,16,18)(H,17,19)/t11-/m1/s1. The molecule has 1 aromatic heterocycles. The van der Waals surface area contributed by atoms with Crippen molar-refractivity contribution in [3.05, 3.63) is 69.6 Å². The Hall–Kier alpha value is -2.36. The molecule has 0 saturated carbocycles. The van der Waals surface area contributed by atoms with Gasteiger partial charge in [0.25, 0.3) is 5.91 Å². The first-order chi connectivity index (χ1) is 9.08.